The van der Waals surface area contributed by atoms with E-state index in [0.717, 1.165) is 6.29 Å². The summed E-state index contributed by atoms with van der Waals surface area (Å²) in [4.78, 5) is 93.8. The maximum absolute atomic E-state index is 12.2. The van der Waals surface area contributed by atoms with Crippen molar-refractivity contribution in [2.75, 3.05) is 52.3 Å². The molecule has 0 saturated carbocycles. The number of thiol groups is 3. The van der Waals surface area contributed by atoms with E-state index in [1.165, 1.54) is 27.9 Å². The van der Waals surface area contributed by atoms with Crippen LogP contribution in [-0.4, -0.2) is 243 Å². The minimum atomic E-state index is -0.954. The van der Waals surface area contributed by atoms with Crippen LogP contribution in [0.25, 0.3) is 0 Å². The number of rotatable bonds is 25. The Kier molecular flexibility index (Phi) is 62.1. The molecule has 5 N–H and O–H groups in total. The van der Waals surface area contributed by atoms with E-state index < -0.39 is 92.5 Å². The molecule has 0 aromatic carbocycles. The number of carbonyl (C=O) groups is 8. The third-order valence-electron chi connectivity index (χ3n) is 12.7. The maximum Gasteiger partial charge on any atom is 0.333 e. The number of ether oxygens (including phenoxy) is 7. The summed E-state index contributed by atoms with van der Waals surface area (Å²) in [7, 11) is 33.1. The van der Waals surface area contributed by atoms with Crippen molar-refractivity contribution in [3.63, 3.8) is 0 Å². The van der Waals surface area contributed by atoms with Gasteiger partial charge in [0.25, 0.3) is 0 Å². The Morgan fingerprint density at radius 1 is 0.588 bits per heavy atom. The minimum Gasteiger partial charge on any atom is -0.469 e. The average Bonchev–Trinajstić information content (AvgIpc) is 0.825. The lowest BCUT2D eigenvalue weighted by molar-refractivity contribution is -0.144. The molecule has 1 unspecified atom stereocenters. The molecule has 12 radical (unpaired) electrons. The molecule has 522 valence electrons. The first kappa shape index (κ1) is 95.8. The summed E-state index contributed by atoms with van der Waals surface area (Å²) in [6.45, 7) is 21.4. The second kappa shape index (κ2) is 62.9. The van der Waals surface area contributed by atoms with E-state index in [0.29, 0.717) is 23.1 Å². The normalized spacial score (nSPS) is 19.4. The Balaban J connectivity index is -0.000000281. The number of nitrogens with one attached hydrogen (secondary N) is 3. The summed E-state index contributed by atoms with van der Waals surface area (Å²) in [5.74, 6) is -3.54. The molecule has 0 aromatic rings. The first-order valence-electron chi connectivity index (χ1n) is 32.4. The maximum atomic E-state index is 12.2. The number of esters is 4. The molecule has 0 saturated heterocycles. The fourth-order valence-corrected chi connectivity index (χ4v) is 9.26. The summed E-state index contributed by atoms with van der Waals surface area (Å²) in [5.41, 5.74) is 20.7. The summed E-state index contributed by atoms with van der Waals surface area (Å²) >= 11 is 10.6. The Bertz CT molecular complexity index is 2750. The van der Waals surface area contributed by atoms with Gasteiger partial charge in [-0.05, 0) is 190 Å². The second-order valence-corrected chi connectivity index (χ2v) is 21.2. The van der Waals surface area contributed by atoms with Crippen molar-refractivity contribution in [1.82, 2.24) is 16.0 Å². The molecule has 0 aromatic heterocycles. The molecular weight excluding hydrogens is 1290 g/mol. The lowest BCUT2D eigenvalue weighted by Gasteiger charge is -2.38. The van der Waals surface area contributed by atoms with Crippen LogP contribution in [0.5, 0.6) is 0 Å². The second-order valence-electron chi connectivity index (χ2n) is 21.2. The lowest BCUT2D eigenvalue weighted by atomic mass is 8.58. The number of hydrogen-bond acceptors (Lipinski definition) is 20. The van der Waals surface area contributed by atoms with E-state index in [2.05, 4.69) is 113 Å². The SMILES string of the molecule is C.C=C=C=C=C=C=C=C=C=C.CS.CS.CS.[3H]CCOC(=O)C1=C[C@@H](OC(C)C)[C@H](NC(C)=O)[C@@H](CC(=O)OC)C1.[3H]CCOC(=O)C1=C[C@@H](OC(C)C)[C@H](NC(C)=O)[C@@H](CC(O)CO)C1.[3H]CCOC(=O)C1=C[C@@H](OC(C)C)[C@H](NC(C)=O)[C@@H](CC=O)C1.[B]B([B])B(B([B])[B])B([B])[B]. The van der Waals surface area contributed by atoms with Crippen LogP contribution in [0.15, 0.2) is 94.0 Å². The molecular formula is C64H101B10N3O17S3. The Hall–Kier alpha value is -5.34. The molecule has 3 amide bonds. The highest BCUT2D eigenvalue weighted by Crippen LogP contribution is 2.34. The third kappa shape index (κ3) is 48.1. The predicted molar refractivity (Wildman–Crippen MR) is 405 cm³/mol. The minimum absolute atomic E-state index is 0. The van der Waals surface area contributed by atoms with Gasteiger partial charge in [0, 0.05) is 120 Å². The highest BCUT2D eigenvalue weighted by Gasteiger charge is 2.41. The molecule has 0 bridgehead atoms. The van der Waals surface area contributed by atoms with Crippen LogP contribution in [0, 0.1) is 17.8 Å². The van der Waals surface area contributed by atoms with E-state index in [-0.39, 0.29) is 140 Å². The monoisotopic (exact) mass is 1400 g/mol. The Morgan fingerprint density at radius 3 is 1.14 bits per heavy atom. The zero-order chi connectivity index (χ0) is 77.3. The van der Waals surface area contributed by atoms with Gasteiger partial charge in [-0.15, -0.1) is 0 Å². The summed E-state index contributed by atoms with van der Waals surface area (Å²) < 4.78 is 58.5. The summed E-state index contributed by atoms with van der Waals surface area (Å²) in [6.07, 6.45) is 6.77. The average molecular weight is 1390 g/mol. The van der Waals surface area contributed by atoms with Crippen LogP contribution < -0.4 is 16.0 Å². The zero-order valence-electron chi connectivity index (χ0n) is 61.1. The number of amides is 3. The number of aldehydes is 1. The van der Waals surface area contributed by atoms with Gasteiger partial charge in [-0.1, -0.05) is 18.9 Å². The van der Waals surface area contributed by atoms with Gasteiger partial charge in [0.2, 0.25) is 17.7 Å². The van der Waals surface area contributed by atoms with Gasteiger partial charge >= 0.3 is 23.9 Å². The molecule has 0 fully saturated rings. The van der Waals surface area contributed by atoms with E-state index >= 15 is 0 Å². The fourth-order valence-electron chi connectivity index (χ4n) is 9.26. The summed E-state index contributed by atoms with van der Waals surface area (Å²) in [6, 6.07) is -1.24. The number of aliphatic hydroxyl groups is 2. The summed E-state index contributed by atoms with van der Waals surface area (Å²) in [5, 5.41) is 27.5. The number of hydrogen-bond donors (Lipinski definition) is 8. The molecule has 20 nitrogen and oxygen atoms in total. The molecule has 33 heteroatoms. The van der Waals surface area contributed by atoms with Gasteiger partial charge in [-0.25, -0.2) is 14.4 Å². The first-order chi connectivity index (χ1) is 46.8. The van der Waals surface area contributed by atoms with Gasteiger partial charge in [0.05, 0.1) is 101 Å². The fraction of sp³-hybridized carbons (Fsp3) is 0.625. The van der Waals surface area contributed by atoms with E-state index in [9.17, 15) is 43.5 Å². The van der Waals surface area contributed by atoms with Crippen molar-refractivity contribution in [2.24, 2.45) is 17.8 Å². The van der Waals surface area contributed by atoms with Gasteiger partial charge in [0.1, 0.15) is 6.29 Å². The van der Waals surface area contributed by atoms with Gasteiger partial charge in [-0.2, -0.15) is 37.9 Å². The van der Waals surface area contributed by atoms with Crippen LogP contribution in [-0.2, 0) is 71.5 Å². The standard InChI is InChI=1S/C17H27NO6.C17H29NO6.C16H25NO5.C10H4.3CH4S.CH4.B10/c1-6-23-17(21)13-7-12(9-15(20)22-5)16(18-11(4)19)14(8-13)24-10(2)3;1-5-23-17(22)13-6-12(7-14(21)9-19)16(18-11(4)20)15(8-13)24-10(2)3;1-5-21-16(20)13-8-12(6-7-18)15(17-11(4)19)14(9-13)22-10(2)3;1-3-5-7-9-10-8-6-4-2;3*1-2;;1-7(2)10(8(3)4)9(5)6/h8,10,12,14,16H,6-7,9H2,1-5H3,(H,18,19);8,10,12,14-16,19,21H,5-7,9H2,1-4H3,(H,18,20);7,9-10,12,14-15H,5-6,8H2,1-4H3,(H,17,19);1-2H2;3*2H,1H3;1H4;/t12-,14-,16-;12-,14?,15-,16-;12-,14+,15+;;;;;;/m110....../s1/i3*1T;;;;;;. The molecule has 97 heavy (non-hydrogen) atoms. The molecule has 3 aliphatic carbocycles. The van der Waals surface area contributed by atoms with Gasteiger partial charge in [0.15, 0.2) is 0 Å². The molecule has 3 rings (SSSR count). The lowest BCUT2D eigenvalue weighted by Crippen LogP contribution is -2.62. The van der Waals surface area contributed by atoms with Crippen LogP contribution in [0.2, 0.25) is 0 Å². The highest BCUT2D eigenvalue weighted by molar-refractivity contribution is 8.00. The molecule has 10 atom stereocenters. The van der Waals surface area contributed by atoms with Crippen molar-refractivity contribution in [3.8, 4) is 0 Å². The Labute approximate surface area is 610 Å². The molecule has 0 heterocycles. The first-order valence-corrected chi connectivity index (χ1v) is 33.0. The van der Waals surface area contributed by atoms with Crippen LogP contribution >= 0.6 is 37.9 Å². The molecule has 0 aliphatic heterocycles. The van der Waals surface area contributed by atoms with Crippen molar-refractivity contribution in [2.45, 2.75) is 190 Å². The van der Waals surface area contributed by atoms with E-state index in [1.807, 2.05) is 41.5 Å². The van der Waals surface area contributed by atoms with E-state index in [1.54, 1.807) is 37.0 Å². The largest absolute Gasteiger partial charge is 0.469 e. The number of methoxy groups -OCH3 is 1. The quantitative estimate of drug-likeness (QED) is 0.0161. The predicted octanol–water partition coefficient (Wildman–Crippen LogP) is 3.79. The highest BCUT2D eigenvalue weighted by atomic mass is 32.1. The van der Waals surface area contributed by atoms with Crippen molar-refractivity contribution in [3.05, 3.63) is 94.0 Å². The zero-order valence-corrected chi connectivity index (χ0v) is 60.7. The van der Waals surface area contributed by atoms with Crippen LogP contribution in [0.3, 0.4) is 0 Å². The Morgan fingerprint density at radius 2 is 0.887 bits per heavy atom. The smallest absolute Gasteiger partial charge is 0.333 e. The topological polar surface area (TPSA) is 278 Å². The van der Waals surface area contributed by atoms with Crippen LogP contribution in [0.1, 0.15) is 133 Å². The number of aliphatic hydroxyl groups excluding tert-OH is 2. The third-order valence-corrected chi connectivity index (χ3v) is 12.7. The molecule has 3 aliphatic rings. The molecule has 0 spiro atoms. The van der Waals surface area contributed by atoms with Crippen LogP contribution in [0.4, 0.5) is 0 Å². The van der Waals surface area contributed by atoms with Crippen molar-refractivity contribution < 1.29 is 85.8 Å². The van der Waals surface area contributed by atoms with Gasteiger partial charge in [-0.3, -0.25) is 19.2 Å². The number of carbonyl (C=O) groups excluding carboxylic acids is 8. The van der Waals surface area contributed by atoms with Gasteiger partial charge < -0.3 is 64.1 Å². The van der Waals surface area contributed by atoms with Crippen molar-refractivity contribution in [1.29, 1.82) is 0 Å². The van der Waals surface area contributed by atoms with E-state index in [4.69, 9.17) is 88.8 Å². The van der Waals surface area contributed by atoms with Crippen molar-refractivity contribution >= 4 is 158 Å².